The molecule has 216 valence electrons. The first-order chi connectivity index (χ1) is 20.3. The molecule has 4 heterocycles. The van der Waals surface area contributed by atoms with E-state index in [1.807, 2.05) is 25.2 Å². The van der Waals surface area contributed by atoms with Gasteiger partial charge in [-0.1, -0.05) is 24.3 Å². The van der Waals surface area contributed by atoms with Crippen molar-refractivity contribution < 1.29 is 17.9 Å². The molecule has 1 amide bonds. The highest BCUT2D eigenvalue weighted by Crippen LogP contribution is 2.58. The van der Waals surface area contributed by atoms with Crippen LogP contribution in [0.5, 0.6) is 5.88 Å². The largest absolute Gasteiger partial charge is 0.476 e. The lowest BCUT2D eigenvalue weighted by Gasteiger charge is -2.20. The van der Waals surface area contributed by atoms with E-state index in [4.69, 9.17) is 4.74 Å². The van der Waals surface area contributed by atoms with Gasteiger partial charge in [-0.3, -0.25) is 14.5 Å². The number of amides is 1. The van der Waals surface area contributed by atoms with Crippen molar-refractivity contribution in [1.82, 2.24) is 14.9 Å². The molecule has 1 saturated heterocycles. The number of hydrogen-bond acceptors (Lipinski definition) is 7. The standard InChI is InChI=1S/C32H33N5O4S/c1-36-15-6-7-23(36)12-16-41-30-27(35-42(39,40)24-8-4-3-5-9-24)18-22(19-34-30)21-10-11-26-25(17-21)29-28(20-33-26)37(2)31(38)32(29)13-14-32/h3-5,8-11,17-20,23,35H,6-7,12-16H2,1-2H3. The molecule has 10 heteroatoms. The second kappa shape index (κ2) is 10.1. The van der Waals surface area contributed by atoms with E-state index in [0.717, 1.165) is 65.5 Å². The molecule has 1 unspecified atom stereocenters. The number of ether oxygens (including phenoxy) is 1. The lowest BCUT2D eigenvalue weighted by Crippen LogP contribution is -2.28. The highest BCUT2D eigenvalue weighted by molar-refractivity contribution is 7.92. The third-order valence-electron chi connectivity index (χ3n) is 9.00. The number of rotatable bonds is 8. The average Bonchev–Trinajstić information content (AvgIpc) is 3.66. The number of likely N-dealkylation sites (tertiary alicyclic amines) is 1. The average molecular weight is 584 g/mol. The van der Waals surface area contributed by atoms with E-state index in [1.165, 1.54) is 6.42 Å². The summed E-state index contributed by atoms with van der Waals surface area (Å²) < 4.78 is 35.5. The van der Waals surface area contributed by atoms with Crippen molar-refractivity contribution >= 4 is 38.2 Å². The van der Waals surface area contributed by atoms with Crippen LogP contribution in [0, 0.1) is 0 Å². The van der Waals surface area contributed by atoms with Gasteiger partial charge in [0.15, 0.2) is 0 Å². The summed E-state index contributed by atoms with van der Waals surface area (Å²) in [6.07, 6.45) is 8.30. The lowest BCUT2D eigenvalue weighted by atomic mass is 9.92. The lowest BCUT2D eigenvalue weighted by molar-refractivity contribution is -0.119. The predicted octanol–water partition coefficient (Wildman–Crippen LogP) is 4.97. The second-order valence-corrected chi connectivity index (χ2v) is 13.3. The van der Waals surface area contributed by atoms with Gasteiger partial charge in [0, 0.05) is 35.8 Å². The minimum Gasteiger partial charge on any atom is -0.476 e. The van der Waals surface area contributed by atoms with Crippen LogP contribution < -0.4 is 14.4 Å². The summed E-state index contributed by atoms with van der Waals surface area (Å²) in [5, 5.41) is 0.938. The van der Waals surface area contributed by atoms with Gasteiger partial charge in [0.2, 0.25) is 11.8 Å². The number of carbonyl (C=O) groups excluding carboxylic acids is 1. The number of benzene rings is 2. The Morgan fingerprint density at radius 1 is 1.02 bits per heavy atom. The molecule has 42 heavy (non-hydrogen) atoms. The van der Waals surface area contributed by atoms with Gasteiger partial charge in [0.05, 0.1) is 34.3 Å². The Morgan fingerprint density at radius 3 is 2.57 bits per heavy atom. The van der Waals surface area contributed by atoms with Crippen LogP contribution in [0.2, 0.25) is 0 Å². The molecule has 9 nitrogen and oxygen atoms in total. The van der Waals surface area contributed by atoms with Crippen LogP contribution in [0.4, 0.5) is 11.4 Å². The van der Waals surface area contributed by atoms with Crippen molar-refractivity contribution in [3.05, 3.63) is 72.6 Å². The normalized spacial score (nSPS) is 19.4. The molecule has 7 rings (SSSR count). The van der Waals surface area contributed by atoms with E-state index in [-0.39, 0.29) is 22.4 Å². The Labute approximate surface area is 245 Å². The minimum atomic E-state index is -3.88. The first-order valence-corrected chi connectivity index (χ1v) is 15.9. The maximum absolute atomic E-state index is 13.3. The van der Waals surface area contributed by atoms with Gasteiger partial charge < -0.3 is 14.5 Å². The molecule has 1 saturated carbocycles. The molecule has 2 aromatic carbocycles. The smallest absolute Gasteiger partial charge is 0.262 e. The highest BCUT2D eigenvalue weighted by Gasteiger charge is 2.59. The molecule has 0 bridgehead atoms. The van der Waals surface area contributed by atoms with Crippen LogP contribution in [0.25, 0.3) is 22.0 Å². The Morgan fingerprint density at radius 2 is 1.83 bits per heavy atom. The zero-order chi connectivity index (χ0) is 29.1. The zero-order valence-corrected chi connectivity index (χ0v) is 24.5. The third-order valence-corrected chi connectivity index (χ3v) is 10.4. The fraction of sp³-hybridized carbons (Fsp3) is 0.344. The van der Waals surface area contributed by atoms with Gasteiger partial charge in [0.25, 0.3) is 10.0 Å². The van der Waals surface area contributed by atoms with E-state index >= 15 is 0 Å². The summed E-state index contributed by atoms with van der Waals surface area (Å²) in [5.41, 5.74) is 4.12. The van der Waals surface area contributed by atoms with Crippen LogP contribution in [-0.2, 0) is 20.2 Å². The summed E-state index contributed by atoms with van der Waals surface area (Å²) in [5.74, 6) is 0.369. The van der Waals surface area contributed by atoms with Crippen LogP contribution in [0.1, 0.15) is 37.7 Å². The van der Waals surface area contributed by atoms with Gasteiger partial charge in [-0.15, -0.1) is 0 Å². The van der Waals surface area contributed by atoms with Crippen LogP contribution >= 0.6 is 0 Å². The van der Waals surface area contributed by atoms with Crippen molar-refractivity contribution in [2.75, 3.05) is 36.9 Å². The Kier molecular flexibility index (Phi) is 6.43. The Balaban J connectivity index is 1.26. The van der Waals surface area contributed by atoms with Crippen molar-refractivity contribution in [2.45, 2.75) is 48.5 Å². The van der Waals surface area contributed by atoms with Crippen molar-refractivity contribution in [2.24, 2.45) is 0 Å². The summed E-state index contributed by atoms with van der Waals surface area (Å²) in [6.45, 7) is 1.51. The summed E-state index contributed by atoms with van der Waals surface area (Å²) in [6, 6.07) is 16.4. The Hall–Kier alpha value is -4.02. The number of anilines is 2. The first kappa shape index (κ1) is 26.9. The van der Waals surface area contributed by atoms with Gasteiger partial charge in [-0.05, 0) is 81.6 Å². The van der Waals surface area contributed by atoms with Crippen molar-refractivity contribution in [3.63, 3.8) is 0 Å². The first-order valence-electron chi connectivity index (χ1n) is 14.4. The molecule has 1 aliphatic carbocycles. The van der Waals surface area contributed by atoms with Crippen molar-refractivity contribution in [3.8, 4) is 17.0 Å². The fourth-order valence-corrected chi connectivity index (χ4v) is 7.55. The molecule has 1 spiro atoms. The van der Waals surface area contributed by atoms with Gasteiger partial charge >= 0.3 is 0 Å². The molecule has 2 aliphatic heterocycles. The van der Waals surface area contributed by atoms with Gasteiger partial charge in [0.1, 0.15) is 5.69 Å². The van der Waals surface area contributed by atoms with Crippen LogP contribution in [0.15, 0.2) is 71.9 Å². The number of nitrogens with zero attached hydrogens (tertiary/aromatic N) is 4. The quantitative estimate of drug-likeness (QED) is 0.312. The molecule has 1 N–H and O–H groups in total. The monoisotopic (exact) mass is 583 g/mol. The number of carbonyl (C=O) groups is 1. The molecule has 2 aromatic heterocycles. The predicted molar refractivity (Wildman–Crippen MR) is 162 cm³/mol. The molecule has 4 aromatic rings. The Bertz CT molecular complexity index is 1810. The van der Waals surface area contributed by atoms with Gasteiger partial charge in [-0.2, -0.15) is 0 Å². The summed E-state index contributed by atoms with van der Waals surface area (Å²) in [4.78, 5) is 26.5. The SMILES string of the molecule is CN1C(=O)C2(CC2)c2c1cnc1ccc(-c3cnc(OCCC4CCCN4C)c(NS(=O)(=O)c4ccccc4)c3)cc21. The van der Waals surface area contributed by atoms with E-state index in [0.29, 0.717) is 12.6 Å². The van der Waals surface area contributed by atoms with E-state index < -0.39 is 15.4 Å². The van der Waals surface area contributed by atoms with E-state index in [1.54, 1.807) is 53.7 Å². The third kappa shape index (κ3) is 4.49. The second-order valence-electron chi connectivity index (χ2n) is 11.6. The topological polar surface area (TPSA) is 105 Å². The number of pyridine rings is 2. The summed E-state index contributed by atoms with van der Waals surface area (Å²) >= 11 is 0. The fourth-order valence-electron chi connectivity index (χ4n) is 6.48. The molecule has 0 radical (unpaired) electrons. The molecular formula is C32H33N5O4S. The summed E-state index contributed by atoms with van der Waals surface area (Å²) in [7, 11) is 0.0547. The van der Waals surface area contributed by atoms with E-state index in [9.17, 15) is 13.2 Å². The number of aromatic nitrogens is 2. The number of nitrogens with one attached hydrogen (secondary N) is 1. The van der Waals surface area contributed by atoms with Crippen LogP contribution in [0.3, 0.4) is 0 Å². The van der Waals surface area contributed by atoms with Crippen molar-refractivity contribution in [1.29, 1.82) is 0 Å². The number of fused-ring (bicyclic) bond motifs is 4. The van der Waals surface area contributed by atoms with Crippen LogP contribution in [-0.4, -0.2) is 62.5 Å². The minimum absolute atomic E-state index is 0.127. The highest BCUT2D eigenvalue weighted by atomic mass is 32.2. The molecule has 2 fully saturated rings. The van der Waals surface area contributed by atoms with Gasteiger partial charge in [-0.25, -0.2) is 13.4 Å². The number of likely N-dealkylation sites (N-methyl/N-ethyl adjacent to an activating group) is 1. The maximum Gasteiger partial charge on any atom is 0.262 e. The molecular weight excluding hydrogens is 550 g/mol. The maximum atomic E-state index is 13.3. The molecule has 1 atom stereocenters. The number of sulfonamides is 1. The molecule has 3 aliphatic rings. The zero-order valence-electron chi connectivity index (χ0n) is 23.7. The number of hydrogen-bond donors (Lipinski definition) is 1. The van der Waals surface area contributed by atoms with E-state index in [2.05, 4.69) is 26.6 Å².